The normalized spacial score (nSPS) is 23.2. The Hall–Kier alpha value is -1.61. The van der Waals surface area contributed by atoms with Crippen LogP contribution in [0.2, 0.25) is 5.02 Å². The second kappa shape index (κ2) is 8.66. The maximum atomic E-state index is 13.2. The molecule has 0 bridgehead atoms. The fraction of sp³-hybridized carbons (Fsp3) is 0.524. The lowest BCUT2D eigenvalue weighted by Gasteiger charge is -2.45. The Kier molecular flexibility index (Phi) is 6.83. The van der Waals surface area contributed by atoms with Gasteiger partial charge in [0, 0.05) is 22.9 Å². The number of ketones is 1. The highest BCUT2D eigenvalue weighted by Gasteiger charge is 2.41. The van der Waals surface area contributed by atoms with Crippen molar-refractivity contribution >= 4 is 23.3 Å². The number of carbonyl (C=O) groups is 2. The fourth-order valence-electron chi connectivity index (χ4n) is 3.87. The minimum atomic E-state index is -0.175. The molecule has 0 radical (unpaired) electrons. The zero-order valence-corrected chi connectivity index (χ0v) is 16.1. The summed E-state index contributed by atoms with van der Waals surface area (Å²) in [6.07, 6.45) is 5.01. The van der Waals surface area contributed by atoms with Crippen molar-refractivity contribution in [1.82, 2.24) is 4.90 Å². The van der Waals surface area contributed by atoms with Crippen LogP contribution in [0.4, 0.5) is 0 Å². The van der Waals surface area contributed by atoms with Crippen molar-refractivity contribution in [2.24, 2.45) is 11.8 Å². The second-order valence-electron chi connectivity index (χ2n) is 6.99. The van der Waals surface area contributed by atoms with E-state index in [4.69, 9.17) is 11.6 Å². The predicted octanol–water partition coefficient (Wildman–Crippen LogP) is 5.20. The van der Waals surface area contributed by atoms with Crippen LogP contribution in [0.5, 0.6) is 0 Å². The van der Waals surface area contributed by atoms with Gasteiger partial charge in [-0.15, -0.1) is 6.58 Å². The number of piperidine rings is 1. The largest absolute Gasteiger partial charge is 0.332 e. The molecular formula is C21H28ClNO2. The fourth-order valence-corrected chi connectivity index (χ4v) is 4.00. The van der Waals surface area contributed by atoms with E-state index in [1.54, 1.807) is 6.92 Å². The number of nitrogens with zero attached hydrogens (tertiary/aromatic N) is 1. The molecule has 1 fully saturated rings. The van der Waals surface area contributed by atoms with Gasteiger partial charge in [-0.05, 0) is 50.3 Å². The Balaban J connectivity index is 2.42. The minimum Gasteiger partial charge on any atom is -0.332 e. The molecule has 1 aromatic rings. The van der Waals surface area contributed by atoms with Crippen molar-refractivity contribution < 1.29 is 9.59 Å². The van der Waals surface area contributed by atoms with Gasteiger partial charge in [0.1, 0.15) is 5.78 Å². The second-order valence-corrected chi connectivity index (χ2v) is 7.42. The Morgan fingerprint density at radius 1 is 1.36 bits per heavy atom. The first kappa shape index (κ1) is 19.7. The van der Waals surface area contributed by atoms with Crippen molar-refractivity contribution in [2.45, 2.75) is 58.5 Å². The number of rotatable bonds is 7. The highest BCUT2D eigenvalue weighted by molar-refractivity contribution is 6.30. The van der Waals surface area contributed by atoms with Crippen molar-refractivity contribution in [3.05, 3.63) is 47.5 Å². The Labute approximate surface area is 156 Å². The number of amides is 1. The van der Waals surface area contributed by atoms with Gasteiger partial charge in [0.15, 0.2) is 0 Å². The third kappa shape index (κ3) is 4.33. The lowest BCUT2D eigenvalue weighted by Crippen LogP contribution is -2.52. The van der Waals surface area contributed by atoms with Crippen LogP contribution >= 0.6 is 11.6 Å². The third-order valence-corrected chi connectivity index (χ3v) is 5.68. The number of halogens is 1. The van der Waals surface area contributed by atoms with Gasteiger partial charge >= 0.3 is 0 Å². The molecule has 1 saturated heterocycles. The van der Waals surface area contributed by atoms with Gasteiger partial charge in [-0.3, -0.25) is 9.59 Å². The number of hydrogen-bond donors (Lipinski definition) is 0. The number of benzene rings is 1. The smallest absolute Gasteiger partial charge is 0.226 e. The summed E-state index contributed by atoms with van der Waals surface area (Å²) in [6.45, 7) is 9.38. The van der Waals surface area contributed by atoms with Crippen molar-refractivity contribution in [2.75, 3.05) is 0 Å². The minimum absolute atomic E-state index is 0.00224. The third-order valence-electron chi connectivity index (χ3n) is 5.43. The van der Waals surface area contributed by atoms with E-state index in [0.717, 1.165) is 24.8 Å². The molecule has 4 atom stereocenters. The van der Waals surface area contributed by atoms with E-state index in [1.165, 1.54) is 0 Å². The summed E-state index contributed by atoms with van der Waals surface area (Å²) in [5, 5.41) is 0.686. The summed E-state index contributed by atoms with van der Waals surface area (Å²) in [6, 6.07) is 7.63. The first-order valence-electron chi connectivity index (χ1n) is 9.09. The molecule has 25 heavy (non-hydrogen) atoms. The standard InChI is InChI=1S/C21H28ClNO2/c1-5-7-17-10-13-20(16-8-11-18(22)12-9-16)23(21(17)25)19(6-2)14(3)15(4)24/h5,8-9,11-12,14,17,19-20H,1,6-7,10,13H2,2-4H3/t14?,17?,19-,20-/m0/s1. The van der Waals surface area contributed by atoms with E-state index in [-0.39, 0.29) is 35.6 Å². The molecular weight excluding hydrogens is 334 g/mol. The number of hydrogen-bond acceptors (Lipinski definition) is 2. The van der Waals surface area contributed by atoms with Gasteiger partial charge in [0.25, 0.3) is 0 Å². The van der Waals surface area contributed by atoms with E-state index in [1.807, 2.05) is 49.1 Å². The summed E-state index contributed by atoms with van der Waals surface area (Å²) in [4.78, 5) is 27.2. The molecule has 3 nitrogen and oxygen atoms in total. The number of carbonyl (C=O) groups excluding carboxylic acids is 2. The molecule has 136 valence electrons. The molecule has 0 N–H and O–H groups in total. The Morgan fingerprint density at radius 3 is 2.52 bits per heavy atom. The summed E-state index contributed by atoms with van der Waals surface area (Å²) in [5.74, 6) is 0.0619. The maximum Gasteiger partial charge on any atom is 0.226 e. The zero-order chi connectivity index (χ0) is 18.6. The average molecular weight is 362 g/mol. The quantitative estimate of drug-likeness (QED) is 0.626. The highest BCUT2D eigenvalue weighted by atomic mass is 35.5. The molecule has 0 aromatic heterocycles. The molecule has 1 heterocycles. The van der Waals surface area contributed by atoms with Crippen molar-refractivity contribution in [1.29, 1.82) is 0 Å². The van der Waals surface area contributed by atoms with Gasteiger partial charge in [-0.2, -0.15) is 0 Å². The zero-order valence-electron chi connectivity index (χ0n) is 15.4. The molecule has 0 saturated carbocycles. The first-order chi connectivity index (χ1) is 11.9. The number of Topliss-reactive ketones (excluding diaryl/α,β-unsaturated/α-hetero) is 1. The number of allylic oxidation sites excluding steroid dienone is 1. The van der Waals surface area contributed by atoms with Crippen LogP contribution in [0, 0.1) is 11.8 Å². The topological polar surface area (TPSA) is 37.4 Å². The van der Waals surface area contributed by atoms with E-state index in [2.05, 4.69) is 6.58 Å². The van der Waals surface area contributed by atoms with E-state index < -0.39 is 0 Å². The molecule has 1 aliphatic rings. The van der Waals surface area contributed by atoms with Crippen LogP contribution < -0.4 is 0 Å². The van der Waals surface area contributed by atoms with Crippen LogP contribution in [0.1, 0.15) is 58.1 Å². The molecule has 2 rings (SSSR count). The summed E-state index contributed by atoms with van der Waals surface area (Å²) in [7, 11) is 0. The molecule has 0 aliphatic carbocycles. The molecule has 4 heteroatoms. The Bertz CT molecular complexity index is 625. The van der Waals surface area contributed by atoms with Gasteiger partial charge in [0.2, 0.25) is 5.91 Å². The van der Waals surface area contributed by atoms with Gasteiger partial charge in [-0.1, -0.05) is 43.7 Å². The predicted molar refractivity (Wildman–Crippen MR) is 103 cm³/mol. The van der Waals surface area contributed by atoms with Gasteiger partial charge < -0.3 is 4.90 Å². The van der Waals surface area contributed by atoms with E-state index in [0.29, 0.717) is 11.4 Å². The molecule has 1 aliphatic heterocycles. The van der Waals surface area contributed by atoms with E-state index >= 15 is 0 Å². The van der Waals surface area contributed by atoms with Crippen LogP contribution in [0.15, 0.2) is 36.9 Å². The lowest BCUT2D eigenvalue weighted by atomic mass is 9.82. The summed E-state index contributed by atoms with van der Waals surface area (Å²) in [5.41, 5.74) is 1.09. The highest BCUT2D eigenvalue weighted by Crippen LogP contribution is 2.39. The van der Waals surface area contributed by atoms with Crippen LogP contribution in [0.25, 0.3) is 0 Å². The molecule has 0 spiro atoms. The molecule has 2 unspecified atom stereocenters. The van der Waals surface area contributed by atoms with Crippen LogP contribution in [0.3, 0.4) is 0 Å². The van der Waals surface area contributed by atoms with E-state index in [9.17, 15) is 9.59 Å². The lowest BCUT2D eigenvalue weighted by molar-refractivity contribution is -0.148. The Morgan fingerprint density at radius 2 is 2.00 bits per heavy atom. The maximum absolute atomic E-state index is 13.2. The molecule has 1 aromatic carbocycles. The monoisotopic (exact) mass is 361 g/mol. The van der Waals surface area contributed by atoms with Crippen LogP contribution in [-0.2, 0) is 9.59 Å². The van der Waals surface area contributed by atoms with Crippen LogP contribution in [-0.4, -0.2) is 22.6 Å². The van der Waals surface area contributed by atoms with Crippen molar-refractivity contribution in [3.63, 3.8) is 0 Å². The average Bonchev–Trinajstić information content (AvgIpc) is 2.59. The van der Waals surface area contributed by atoms with Crippen molar-refractivity contribution in [3.8, 4) is 0 Å². The number of likely N-dealkylation sites (tertiary alicyclic amines) is 1. The summed E-state index contributed by atoms with van der Waals surface area (Å²) >= 11 is 6.03. The first-order valence-corrected chi connectivity index (χ1v) is 9.47. The molecule has 1 amide bonds. The van der Waals surface area contributed by atoms with Gasteiger partial charge in [0.05, 0.1) is 6.04 Å². The summed E-state index contributed by atoms with van der Waals surface area (Å²) < 4.78 is 0. The SMILES string of the molecule is C=CCC1CC[C@@H](c2ccc(Cl)cc2)N([C@@H](CC)C(C)C(C)=O)C1=O. The van der Waals surface area contributed by atoms with Gasteiger partial charge in [-0.25, -0.2) is 0 Å².